The number of carbonyl (C=O) groups is 1. The van der Waals surface area contributed by atoms with Crippen molar-refractivity contribution in [2.24, 2.45) is 0 Å². The molecule has 0 unspecified atom stereocenters. The van der Waals surface area contributed by atoms with Gasteiger partial charge in [-0.05, 0) is 31.0 Å². The zero-order chi connectivity index (χ0) is 12.4. The molecule has 0 aliphatic heterocycles. The van der Waals surface area contributed by atoms with Gasteiger partial charge in [-0.3, -0.25) is 4.79 Å². The Labute approximate surface area is 107 Å². The minimum absolute atomic E-state index is 0.0635. The molecule has 17 heavy (non-hydrogen) atoms. The highest BCUT2D eigenvalue weighted by atomic mass is 79.9. The van der Waals surface area contributed by atoms with E-state index >= 15 is 0 Å². The smallest absolute Gasteiger partial charge is 0.257 e. The van der Waals surface area contributed by atoms with E-state index in [0.717, 1.165) is 12.8 Å². The second-order valence-electron chi connectivity index (χ2n) is 4.08. The van der Waals surface area contributed by atoms with Gasteiger partial charge < -0.3 is 10.0 Å². The van der Waals surface area contributed by atoms with Crippen LogP contribution in [0.5, 0.6) is 0 Å². The fourth-order valence-corrected chi connectivity index (χ4v) is 2.09. The van der Waals surface area contributed by atoms with Crippen molar-refractivity contribution in [2.75, 3.05) is 13.2 Å². The Morgan fingerprint density at radius 3 is 2.76 bits per heavy atom. The number of amides is 1. The van der Waals surface area contributed by atoms with E-state index in [4.69, 9.17) is 5.11 Å². The molecule has 2 rings (SSSR count). The highest BCUT2D eigenvalue weighted by Gasteiger charge is 2.33. The van der Waals surface area contributed by atoms with Crippen LogP contribution in [0.4, 0.5) is 4.39 Å². The van der Waals surface area contributed by atoms with Crippen LogP contribution < -0.4 is 0 Å². The Morgan fingerprint density at radius 2 is 2.24 bits per heavy atom. The molecule has 1 aliphatic carbocycles. The summed E-state index contributed by atoms with van der Waals surface area (Å²) < 4.78 is 14.2. The Kier molecular flexibility index (Phi) is 3.79. The summed E-state index contributed by atoms with van der Waals surface area (Å²) in [6.45, 7) is 0.166. The van der Waals surface area contributed by atoms with Crippen LogP contribution in [0.3, 0.4) is 0 Å². The van der Waals surface area contributed by atoms with Gasteiger partial charge >= 0.3 is 0 Å². The molecular weight excluding hydrogens is 289 g/mol. The van der Waals surface area contributed by atoms with Crippen molar-refractivity contribution in [3.63, 3.8) is 0 Å². The first-order valence-corrected chi connectivity index (χ1v) is 6.29. The lowest BCUT2D eigenvalue weighted by atomic mass is 10.2. The molecule has 0 spiro atoms. The van der Waals surface area contributed by atoms with E-state index < -0.39 is 5.82 Å². The summed E-state index contributed by atoms with van der Waals surface area (Å²) in [6, 6.07) is 4.55. The van der Waals surface area contributed by atoms with Gasteiger partial charge in [-0.1, -0.05) is 15.9 Å². The van der Waals surface area contributed by atoms with Crippen molar-refractivity contribution < 1.29 is 14.3 Å². The number of hydrogen-bond donors (Lipinski definition) is 1. The van der Waals surface area contributed by atoms with E-state index in [-0.39, 0.29) is 30.7 Å². The minimum Gasteiger partial charge on any atom is -0.395 e. The highest BCUT2D eigenvalue weighted by molar-refractivity contribution is 9.10. The Balaban J connectivity index is 2.22. The van der Waals surface area contributed by atoms with Gasteiger partial charge in [0.1, 0.15) is 5.82 Å². The van der Waals surface area contributed by atoms with Crippen LogP contribution in [-0.2, 0) is 0 Å². The van der Waals surface area contributed by atoms with Gasteiger partial charge in [0.2, 0.25) is 0 Å². The van der Waals surface area contributed by atoms with Crippen molar-refractivity contribution in [1.29, 1.82) is 0 Å². The molecule has 1 aliphatic rings. The first-order chi connectivity index (χ1) is 8.13. The lowest BCUT2D eigenvalue weighted by Crippen LogP contribution is -2.36. The standard InChI is InChI=1S/C12H13BrFNO2/c13-8-1-4-10(11(14)7-8)12(17)15(5-6-16)9-2-3-9/h1,4,7,9,16H,2-3,5-6H2. The average Bonchev–Trinajstić information content (AvgIpc) is 3.09. The average molecular weight is 302 g/mol. The second kappa shape index (κ2) is 5.14. The summed E-state index contributed by atoms with van der Waals surface area (Å²) >= 11 is 3.15. The number of aliphatic hydroxyl groups is 1. The first kappa shape index (κ1) is 12.5. The zero-order valence-electron chi connectivity index (χ0n) is 9.20. The molecule has 0 bridgehead atoms. The van der Waals surface area contributed by atoms with Gasteiger partial charge in [0, 0.05) is 17.1 Å². The fourth-order valence-electron chi connectivity index (χ4n) is 1.76. The summed E-state index contributed by atoms with van der Waals surface area (Å²) in [6.07, 6.45) is 1.87. The summed E-state index contributed by atoms with van der Waals surface area (Å²) in [5.74, 6) is -0.875. The maximum atomic E-state index is 13.6. The largest absolute Gasteiger partial charge is 0.395 e. The van der Waals surface area contributed by atoms with E-state index in [1.807, 2.05) is 0 Å². The lowest BCUT2D eigenvalue weighted by molar-refractivity contribution is 0.0703. The highest BCUT2D eigenvalue weighted by Crippen LogP contribution is 2.28. The Bertz CT molecular complexity index is 435. The van der Waals surface area contributed by atoms with Crippen LogP contribution in [0.25, 0.3) is 0 Å². The Hall–Kier alpha value is -0.940. The van der Waals surface area contributed by atoms with Gasteiger partial charge in [-0.25, -0.2) is 4.39 Å². The SMILES string of the molecule is O=C(c1ccc(Br)cc1F)N(CCO)C1CC1. The molecule has 0 atom stereocenters. The van der Waals surface area contributed by atoms with Crippen LogP contribution >= 0.6 is 15.9 Å². The van der Waals surface area contributed by atoms with Crippen molar-refractivity contribution in [3.8, 4) is 0 Å². The van der Waals surface area contributed by atoms with Gasteiger partial charge in [-0.2, -0.15) is 0 Å². The van der Waals surface area contributed by atoms with Crippen LogP contribution in [-0.4, -0.2) is 35.1 Å². The first-order valence-electron chi connectivity index (χ1n) is 5.50. The number of nitrogens with zero attached hydrogens (tertiary/aromatic N) is 1. The van der Waals surface area contributed by atoms with Gasteiger partial charge in [0.25, 0.3) is 5.91 Å². The quantitative estimate of drug-likeness (QED) is 0.926. The molecule has 5 heteroatoms. The number of halogens is 2. The summed E-state index contributed by atoms with van der Waals surface area (Å²) in [5, 5.41) is 8.93. The van der Waals surface area contributed by atoms with Crippen LogP contribution in [0, 0.1) is 5.82 Å². The molecule has 3 nitrogen and oxygen atoms in total. The monoisotopic (exact) mass is 301 g/mol. The number of rotatable bonds is 4. The zero-order valence-corrected chi connectivity index (χ0v) is 10.8. The van der Waals surface area contributed by atoms with E-state index in [9.17, 15) is 9.18 Å². The van der Waals surface area contributed by atoms with Crippen molar-refractivity contribution in [2.45, 2.75) is 18.9 Å². The third-order valence-electron chi connectivity index (χ3n) is 2.75. The molecule has 1 aromatic rings. The predicted octanol–water partition coefficient (Wildman–Crippen LogP) is 2.19. The van der Waals surface area contributed by atoms with Gasteiger partial charge in [0.15, 0.2) is 0 Å². The number of hydrogen-bond acceptors (Lipinski definition) is 2. The molecular formula is C12H13BrFNO2. The van der Waals surface area contributed by atoms with Gasteiger partial charge in [0.05, 0.1) is 12.2 Å². The summed E-state index contributed by atoms with van der Waals surface area (Å²) in [7, 11) is 0. The molecule has 1 amide bonds. The molecule has 1 N–H and O–H groups in total. The van der Waals surface area contributed by atoms with Crippen LogP contribution in [0.2, 0.25) is 0 Å². The van der Waals surface area contributed by atoms with E-state index in [1.54, 1.807) is 11.0 Å². The lowest BCUT2D eigenvalue weighted by Gasteiger charge is -2.21. The fraction of sp³-hybridized carbons (Fsp3) is 0.417. The molecule has 0 aromatic heterocycles. The molecule has 1 fully saturated rings. The van der Waals surface area contributed by atoms with E-state index in [1.165, 1.54) is 12.1 Å². The van der Waals surface area contributed by atoms with Crippen LogP contribution in [0.1, 0.15) is 23.2 Å². The van der Waals surface area contributed by atoms with E-state index in [0.29, 0.717) is 4.47 Å². The maximum Gasteiger partial charge on any atom is 0.257 e. The third-order valence-corrected chi connectivity index (χ3v) is 3.24. The number of benzene rings is 1. The van der Waals surface area contributed by atoms with Crippen molar-refractivity contribution in [3.05, 3.63) is 34.1 Å². The number of carbonyl (C=O) groups excluding carboxylic acids is 1. The topological polar surface area (TPSA) is 40.5 Å². The van der Waals surface area contributed by atoms with E-state index in [2.05, 4.69) is 15.9 Å². The maximum absolute atomic E-state index is 13.6. The molecule has 1 saturated carbocycles. The molecule has 92 valence electrons. The van der Waals surface area contributed by atoms with Gasteiger partial charge in [-0.15, -0.1) is 0 Å². The van der Waals surface area contributed by atoms with Crippen LogP contribution in [0.15, 0.2) is 22.7 Å². The number of aliphatic hydroxyl groups excluding tert-OH is 1. The molecule has 0 radical (unpaired) electrons. The third kappa shape index (κ3) is 2.84. The van der Waals surface area contributed by atoms with Crippen molar-refractivity contribution >= 4 is 21.8 Å². The predicted molar refractivity (Wildman–Crippen MR) is 65.2 cm³/mol. The normalized spacial score (nSPS) is 14.8. The minimum atomic E-state index is -0.534. The molecule has 1 aromatic carbocycles. The Morgan fingerprint density at radius 1 is 1.53 bits per heavy atom. The summed E-state index contributed by atoms with van der Waals surface area (Å²) in [4.78, 5) is 13.7. The molecule has 0 heterocycles. The summed E-state index contributed by atoms with van der Waals surface area (Å²) in [5.41, 5.74) is 0.0635. The molecule has 0 saturated heterocycles. The second-order valence-corrected chi connectivity index (χ2v) is 4.99. The van der Waals surface area contributed by atoms with Crippen molar-refractivity contribution in [1.82, 2.24) is 4.90 Å².